The first-order valence-electron chi connectivity index (χ1n) is 11.3. The third-order valence-corrected chi connectivity index (χ3v) is 5.68. The van der Waals surface area contributed by atoms with E-state index >= 15 is 0 Å². The number of amides is 1. The second-order valence-electron chi connectivity index (χ2n) is 8.30. The van der Waals surface area contributed by atoms with Crippen LogP contribution < -0.4 is 5.32 Å². The Balaban J connectivity index is 1.38. The fourth-order valence-corrected chi connectivity index (χ4v) is 3.88. The minimum Gasteiger partial charge on any atom is -0.460 e. The molecule has 0 aliphatic carbocycles. The van der Waals surface area contributed by atoms with Crippen LogP contribution in [0.2, 0.25) is 0 Å². The van der Waals surface area contributed by atoms with Crippen molar-refractivity contribution in [2.75, 3.05) is 13.2 Å². The van der Waals surface area contributed by atoms with Gasteiger partial charge in [-0.2, -0.15) is 5.10 Å². The molecule has 0 atom stereocenters. The summed E-state index contributed by atoms with van der Waals surface area (Å²) in [6, 6.07) is 19.6. The molecule has 2 aromatic carbocycles. The number of fused-ring (bicyclic) bond motifs is 1. The van der Waals surface area contributed by atoms with Crippen molar-refractivity contribution in [3.63, 3.8) is 0 Å². The van der Waals surface area contributed by atoms with E-state index in [2.05, 4.69) is 10.4 Å². The van der Waals surface area contributed by atoms with Crippen LogP contribution in [0.3, 0.4) is 0 Å². The molecule has 0 spiro atoms. The highest BCUT2D eigenvalue weighted by Crippen LogP contribution is 2.27. The van der Waals surface area contributed by atoms with E-state index in [-0.39, 0.29) is 19.1 Å². The average molecular weight is 457 g/mol. The Bertz CT molecular complexity index is 1310. The highest BCUT2D eigenvalue weighted by Gasteiger charge is 2.20. The SMILES string of the molecule is Cc1ccc(CCC(=O)NCCOC(=O)c2cc(-c3ccccc3)nc3c2c(C)nn3C)cc1. The molecular weight excluding hydrogens is 428 g/mol. The summed E-state index contributed by atoms with van der Waals surface area (Å²) < 4.78 is 7.17. The summed E-state index contributed by atoms with van der Waals surface area (Å²) in [5.74, 6) is -0.535. The topological polar surface area (TPSA) is 86.1 Å². The van der Waals surface area contributed by atoms with Gasteiger partial charge in [0.15, 0.2) is 5.65 Å². The number of esters is 1. The van der Waals surface area contributed by atoms with Gasteiger partial charge in [-0.25, -0.2) is 9.78 Å². The van der Waals surface area contributed by atoms with E-state index in [1.54, 1.807) is 17.8 Å². The van der Waals surface area contributed by atoms with Crippen LogP contribution in [0.4, 0.5) is 0 Å². The molecule has 0 unspecified atom stereocenters. The molecule has 2 heterocycles. The monoisotopic (exact) mass is 456 g/mol. The van der Waals surface area contributed by atoms with Gasteiger partial charge in [-0.05, 0) is 31.9 Å². The lowest BCUT2D eigenvalue weighted by Gasteiger charge is -2.10. The number of carbonyl (C=O) groups is 2. The van der Waals surface area contributed by atoms with E-state index in [1.807, 2.05) is 68.4 Å². The number of aryl methyl sites for hydroxylation is 4. The van der Waals surface area contributed by atoms with Crippen LogP contribution in [-0.2, 0) is 23.0 Å². The summed E-state index contributed by atoms with van der Waals surface area (Å²) in [5, 5.41) is 7.92. The lowest BCUT2D eigenvalue weighted by Crippen LogP contribution is -2.28. The van der Waals surface area contributed by atoms with E-state index in [0.29, 0.717) is 40.8 Å². The second kappa shape index (κ2) is 10.3. The molecule has 0 aliphatic heterocycles. The number of aromatic nitrogens is 3. The Kier molecular flexibility index (Phi) is 7.01. The summed E-state index contributed by atoms with van der Waals surface area (Å²) in [6.45, 7) is 4.22. The van der Waals surface area contributed by atoms with Crippen LogP contribution in [-0.4, -0.2) is 39.8 Å². The lowest BCUT2D eigenvalue weighted by molar-refractivity contribution is -0.121. The predicted molar refractivity (Wildman–Crippen MR) is 131 cm³/mol. The number of rotatable bonds is 8. The normalized spacial score (nSPS) is 10.9. The molecule has 34 heavy (non-hydrogen) atoms. The maximum atomic E-state index is 13.0. The summed E-state index contributed by atoms with van der Waals surface area (Å²) in [4.78, 5) is 29.9. The Morgan fingerprint density at radius 3 is 2.50 bits per heavy atom. The molecule has 174 valence electrons. The van der Waals surface area contributed by atoms with E-state index in [1.165, 1.54) is 5.56 Å². The average Bonchev–Trinajstić information content (AvgIpc) is 3.14. The first-order chi connectivity index (χ1) is 16.4. The summed E-state index contributed by atoms with van der Waals surface area (Å²) in [7, 11) is 1.80. The first-order valence-corrected chi connectivity index (χ1v) is 11.3. The Labute approximate surface area is 198 Å². The van der Waals surface area contributed by atoms with Gasteiger partial charge in [0.1, 0.15) is 6.61 Å². The zero-order chi connectivity index (χ0) is 24.1. The molecule has 0 aliphatic rings. The van der Waals surface area contributed by atoms with Gasteiger partial charge in [0.25, 0.3) is 0 Å². The van der Waals surface area contributed by atoms with Crippen molar-refractivity contribution in [1.29, 1.82) is 0 Å². The van der Waals surface area contributed by atoms with Gasteiger partial charge in [0, 0.05) is 19.0 Å². The number of nitrogens with one attached hydrogen (secondary N) is 1. The molecule has 4 rings (SSSR count). The standard InChI is InChI=1S/C27H28N4O3/c1-18-9-11-20(12-10-18)13-14-24(32)28-15-16-34-27(33)22-17-23(21-7-5-4-6-8-21)29-26-25(22)19(2)30-31(26)3/h4-12,17H,13-16H2,1-3H3,(H,28,32). The van der Waals surface area contributed by atoms with Crippen molar-refractivity contribution in [2.45, 2.75) is 26.7 Å². The molecule has 7 heteroatoms. The molecular formula is C27H28N4O3. The molecule has 4 aromatic rings. The second-order valence-corrected chi connectivity index (χ2v) is 8.30. The van der Waals surface area contributed by atoms with Crippen LogP contribution in [0, 0.1) is 13.8 Å². The minimum absolute atomic E-state index is 0.0719. The van der Waals surface area contributed by atoms with E-state index < -0.39 is 5.97 Å². The van der Waals surface area contributed by atoms with E-state index in [0.717, 1.165) is 11.1 Å². The van der Waals surface area contributed by atoms with Crippen molar-refractivity contribution in [2.24, 2.45) is 7.05 Å². The third-order valence-electron chi connectivity index (χ3n) is 5.68. The molecule has 0 bridgehead atoms. The maximum absolute atomic E-state index is 13.0. The zero-order valence-corrected chi connectivity index (χ0v) is 19.7. The summed E-state index contributed by atoms with van der Waals surface area (Å²) >= 11 is 0. The number of nitrogens with zero attached hydrogens (tertiary/aromatic N) is 3. The van der Waals surface area contributed by atoms with Crippen molar-refractivity contribution in [3.05, 3.63) is 83.0 Å². The van der Waals surface area contributed by atoms with Crippen LogP contribution in [0.1, 0.15) is 33.6 Å². The highest BCUT2D eigenvalue weighted by molar-refractivity contribution is 6.05. The Morgan fingerprint density at radius 1 is 1.03 bits per heavy atom. The van der Waals surface area contributed by atoms with Crippen LogP contribution >= 0.6 is 0 Å². The van der Waals surface area contributed by atoms with Gasteiger partial charge >= 0.3 is 5.97 Å². The fourth-order valence-electron chi connectivity index (χ4n) is 3.88. The Morgan fingerprint density at radius 2 is 1.76 bits per heavy atom. The van der Waals surface area contributed by atoms with Gasteiger partial charge in [0.2, 0.25) is 5.91 Å². The van der Waals surface area contributed by atoms with E-state index in [4.69, 9.17) is 9.72 Å². The van der Waals surface area contributed by atoms with Gasteiger partial charge in [-0.1, -0.05) is 60.2 Å². The molecule has 0 saturated carbocycles. The smallest absolute Gasteiger partial charge is 0.339 e. The molecule has 0 fully saturated rings. The molecule has 1 N–H and O–H groups in total. The van der Waals surface area contributed by atoms with Crippen molar-refractivity contribution < 1.29 is 14.3 Å². The molecule has 0 radical (unpaired) electrons. The van der Waals surface area contributed by atoms with Gasteiger partial charge in [0.05, 0.1) is 28.9 Å². The van der Waals surface area contributed by atoms with Crippen LogP contribution in [0.5, 0.6) is 0 Å². The molecule has 7 nitrogen and oxygen atoms in total. The van der Waals surface area contributed by atoms with Gasteiger partial charge in [-0.3, -0.25) is 9.48 Å². The van der Waals surface area contributed by atoms with Crippen molar-refractivity contribution in [1.82, 2.24) is 20.1 Å². The fraction of sp³-hybridized carbons (Fsp3) is 0.259. The number of hydrogen-bond donors (Lipinski definition) is 1. The largest absolute Gasteiger partial charge is 0.460 e. The van der Waals surface area contributed by atoms with Crippen molar-refractivity contribution in [3.8, 4) is 11.3 Å². The number of pyridine rings is 1. The quantitative estimate of drug-likeness (QED) is 0.318. The lowest BCUT2D eigenvalue weighted by atomic mass is 10.1. The predicted octanol–water partition coefficient (Wildman–Crippen LogP) is 4.16. The summed E-state index contributed by atoms with van der Waals surface area (Å²) in [5.41, 5.74) is 5.63. The highest BCUT2D eigenvalue weighted by atomic mass is 16.5. The van der Waals surface area contributed by atoms with Gasteiger partial charge in [-0.15, -0.1) is 0 Å². The number of benzene rings is 2. The molecule has 0 saturated heterocycles. The molecule has 2 aromatic heterocycles. The maximum Gasteiger partial charge on any atom is 0.339 e. The number of ether oxygens (including phenoxy) is 1. The zero-order valence-electron chi connectivity index (χ0n) is 19.7. The summed E-state index contributed by atoms with van der Waals surface area (Å²) in [6.07, 6.45) is 1.06. The first kappa shape index (κ1) is 23.2. The van der Waals surface area contributed by atoms with E-state index in [9.17, 15) is 9.59 Å². The number of carbonyl (C=O) groups excluding carboxylic acids is 2. The number of hydrogen-bond acceptors (Lipinski definition) is 5. The minimum atomic E-state index is -0.463. The van der Waals surface area contributed by atoms with Crippen molar-refractivity contribution >= 4 is 22.9 Å². The third kappa shape index (κ3) is 5.31. The molecule has 1 amide bonds. The van der Waals surface area contributed by atoms with Crippen LogP contribution in [0.25, 0.3) is 22.3 Å². The Hall–Kier alpha value is -4.00. The van der Waals surface area contributed by atoms with Crippen LogP contribution in [0.15, 0.2) is 60.7 Å². The van der Waals surface area contributed by atoms with Gasteiger partial charge < -0.3 is 10.1 Å².